The molecule has 0 amide bonds. The highest BCUT2D eigenvalue weighted by Gasteiger charge is 2.18. The standard InChI is InChI=1S/C22H21N5O2/c1-13-19(12-28)20(21(29-3)14(2)23-13)16-10-8-15(9-11-16)17-6-4-5-7-18(17)22-24-26-27-25-22/h4-11,28H,12H2,1-3H3,(H,24,25,26,27). The van der Waals surface area contributed by atoms with Gasteiger partial charge in [-0.1, -0.05) is 48.5 Å². The Morgan fingerprint density at radius 2 is 1.62 bits per heavy atom. The van der Waals surface area contributed by atoms with Crippen LogP contribution in [0.3, 0.4) is 0 Å². The summed E-state index contributed by atoms with van der Waals surface area (Å²) >= 11 is 0. The number of methoxy groups -OCH3 is 1. The molecule has 7 nitrogen and oxygen atoms in total. The van der Waals surface area contributed by atoms with Crippen molar-refractivity contribution in [1.29, 1.82) is 0 Å². The lowest BCUT2D eigenvalue weighted by atomic mass is 9.94. The highest BCUT2D eigenvalue weighted by molar-refractivity contribution is 5.83. The van der Waals surface area contributed by atoms with Crippen molar-refractivity contribution in [3.63, 3.8) is 0 Å². The van der Waals surface area contributed by atoms with Crippen LogP contribution in [0, 0.1) is 13.8 Å². The second kappa shape index (κ2) is 7.81. The van der Waals surface area contributed by atoms with Gasteiger partial charge in [0.25, 0.3) is 0 Å². The van der Waals surface area contributed by atoms with Gasteiger partial charge in [0.05, 0.1) is 19.4 Å². The molecule has 0 saturated carbocycles. The molecule has 2 aromatic heterocycles. The van der Waals surface area contributed by atoms with Crippen molar-refractivity contribution in [2.75, 3.05) is 7.11 Å². The van der Waals surface area contributed by atoms with Gasteiger partial charge in [0, 0.05) is 22.4 Å². The number of nitrogens with zero attached hydrogens (tertiary/aromatic N) is 4. The number of hydrogen-bond acceptors (Lipinski definition) is 6. The Morgan fingerprint density at radius 1 is 0.931 bits per heavy atom. The van der Waals surface area contributed by atoms with E-state index in [0.717, 1.165) is 44.8 Å². The van der Waals surface area contributed by atoms with E-state index in [-0.39, 0.29) is 6.61 Å². The molecule has 0 saturated heterocycles. The van der Waals surface area contributed by atoms with Crippen LogP contribution in [0.5, 0.6) is 5.75 Å². The van der Waals surface area contributed by atoms with E-state index in [9.17, 15) is 5.11 Å². The molecule has 2 aromatic carbocycles. The van der Waals surface area contributed by atoms with Gasteiger partial charge in [0.2, 0.25) is 5.82 Å². The number of ether oxygens (including phenoxy) is 1. The zero-order valence-corrected chi connectivity index (χ0v) is 16.5. The molecule has 0 aliphatic carbocycles. The fourth-order valence-corrected chi connectivity index (χ4v) is 3.64. The lowest BCUT2D eigenvalue weighted by Gasteiger charge is -2.17. The highest BCUT2D eigenvalue weighted by atomic mass is 16.5. The lowest BCUT2D eigenvalue weighted by molar-refractivity contribution is 0.280. The number of nitrogens with one attached hydrogen (secondary N) is 1. The summed E-state index contributed by atoms with van der Waals surface area (Å²) in [6, 6.07) is 16.1. The van der Waals surface area contributed by atoms with Crippen LogP contribution in [0.1, 0.15) is 17.0 Å². The summed E-state index contributed by atoms with van der Waals surface area (Å²) in [4.78, 5) is 4.50. The Kier molecular flexibility index (Phi) is 5.05. The number of aryl methyl sites for hydroxylation is 2. The van der Waals surface area contributed by atoms with Crippen molar-refractivity contribution in [1.82, 2.24) is 25.6 Å². The maximum absolute atomic E-state index is 9.93. The number of benzene rings is 2. The van der Waals surface area contributed by atoms with E-state index in [1.54, 1.807) is 7.11 Å². The van der Waals surface area contributed by atoms with Crippen molar-refractivity contribution < 1.29 is 9.84 Å². The van der Waals surface area contributed by atoms with E-state index in [1.165, 1.54) is 0 Å². The number of aromatic amines is 1. The van der Waals surface area contributed by atoms with E-state index in [1.807, 2.05) is 62.4 Å². The smallest absolute Gasteiger partial charge is 0.205 e. The summed E-state index contributed by atoms with van der Waals surface area (Å²) in [6.07, 6.45) is 0. The van der Waals surface area contributed by atoms with E-state index >= 15 is 0 Å². The molecule has 2 N–H and O–H groups in total. The van der Waals surface area contributed by atoms with Crippen LogP contribution in [0.25, 0.3) is 33.6 Å². The van der Waals surface area contributed by atoms with Crippen LogP contribution >= 0.6 is 0 Å². The predicted octanol–water partition coefficient (Wildman–Crippen LogP) is 3.71. The Labute approximate surface area is 168 Å². The molecule has 0 unspecified atom stereocenters. The number of aliphatic hydroxyl groups is 1. The Morgan fingerprint density at radius 3 is 2.24 bits per heavy atom. The molecule has 4 aromatic rings. The van der Waals surface area contributed by atoms with Crippen LogP contribution < -0.4 is 4.74 Å². The van der Waals surface area contributed by atoms with Crippen LogP contribution in [0.2, 0.25) is 0 Å². The van der Waals surface area contributed by atoms with Crippen molar-refractivity contribution in [3.05, 3.63) is 65.5 Å². The number of aliphatic hydroxyl groups excluding tert-OH is 1. The molecular weight excluding hydrogens is 366 g/mol. The molecule has 7 heteroatoms. The van der Waals surface area contributed by atoms with Gasteiger partial charge < -0.3 is 9.84 Å². The maximum atomic E-state index is 9.93. The van der Waals surface area contributed by atoms with Gasteiger partial charge in [-0.25, -0.2) is 0 Å². The number of aromatic nitrogens is 5. The molecule has 0 radical (unpaired) electrons. The number of tetrazole rings is 1. The van der Waals surface area contributed by atoms with Gasteiger partial charge >= 0.3 is 0 Å². The topological polar surface area (TPSA) is 96.8 Å². The molecule has 0 bridgehead atoms. The molecule has 146 valence electrons. The lowest BCUT2D eigenvalue weighted by Crippen LogP contribution is -2.03. The van der Waals surface area contributed by atoms with Crippen LogP contribution in [-0.2, 0) is 6.61 Å². The van der Waals surface area contributed by atoms with E-state index in [0.29, 0.717) is 11.6 Å². The number of rotatable bonds is 5. The first-order valence-electron chi connectivity index (χ1n) is 9.22. The summed E-state index contributed by atoms with van der Waals surface area (Å²) in [5, 5.41) is 24.3. The zero-order chi connectivity index (χ0) is 20.4. The Balaban J connectivity index is 1.82. The van der Waals surface area contributed by atoms with E-state index in [2.05, 4.69) is 25.6 Å². The minimum atomic E-state index is -0.104. The summed E-state index contributed by atoms with van der Waals surface area (Å²) in [5.74, 6) is 1.23. The van der Waals surface area contributed by atoms with Gasteiger partial charge in [-0.3, -0.25) is 4.98 Å². The van der Waals surface area contributed by atoms with Crippen LogP contribution in [-0.4, -0.2) is 37.8 Å². The first-order chi connectivity index (χ1) is 14.1. The molecule has 0 aliphatic heterocycles. The minimum absolute atomic E-state index is 0.104. The molecule has 4 rings (SSSR count). The third-order valence-corrected chi connectivity index (χ3v) is 4.99. The predicted molar refractivity (Wildman–Crippen MR) is 110 cm³/mol. The molecule has 0 aliphatic rings. The van der Waals surface area contributed by atoms with E-state index < -0.39 is 0 Å². The number of pyridine rings is 1. The SMILES string of the molecule is COc1c(C)nc(C)c(CO)c1-c1ccc(-c2ccccc2-c2nn[nH]n2)cc1. The van der Waals surface area contributed by atoms with Crippen LogP contribution in [0.4, 0.5) is 0 Å². The maximum Gasteiger partial charge on any atom is 0.205 e. The summed E-state index contributed by atoms with van der Waals surface area (Å²) in [5.41, 5.74) is 7.14. The molecule has 0 atom stereocenters. The molecule has 0 fully saturated rings. The van der Waals surface area contributed by atoms with Gasteiger partial charge in [0.1, 0.15) is 5.75 Å². The zero-order valence-electron chi connectivity index (χ0n) is 16.5. The minimum Gasteiger partial charge on any atom is -0.494 e. The second-order valence-electron chi connectivity index (χ2n) is 6.69. The quantitative estimate of drug-likeness (QED) is 0.542. The van der Waals surface area contributed by atoms with Gasteiger partial charge in [-0.2, -0.15) is 5.21 Å². The Hall–Kier alpha value is -3.58. The first-order valence-corrected chi connectivity index (χ1v) is 9.22. The summed E-state index contributed by atoms with van der Waals surface area (Å²) in [7, 11) is 1.62. The highest BCUT2D eigenvalue weighted by Crippen LogP contribution is 2.38. The third kappa shape index (κ3) is 3.36. The molecule has 29 heavy (non-hydrogen) atoms. The second-order valence-corrected chi connectivity index (χ2v) is 6.69. The summed E-state index contributed by atoms with van der Waals surface area (Å²) < 4.78 is 5.61. The number of hydrogen-bond donors (Lipinski definition) is 2. The monoisotopic (exact) mass is 387 g/mol. The molecular formula is C22H21N5O2. The molecule has 2 heterocycles. The normalized spacial score (nSPS) is 10.9. The van der Waals surface area contributed by atoms with Gasteiger partial charge in [-0.15, -0.1) is 10.2 Å². The molecule has 0 spiro atoms. The largest absolute Gasteiger partial charge is 0.494 e. The van der Waals surface area contributed by atoms with Crippen molar-refractivity contribution >= 4 is 0 Å². The van der Waals surface area contributed by atoms with Crippen molar-refractivity contribution in [3.8, 4) is 39.4 Å². The van der Waals surface area contributed by atoms with E-state index in [4.69, 9.17) is 4.74 Å². The summed E-state index contributed by atoms with van der Waals surface area (Å²) in [6.45, 7) is 3.70. The van der Waals surface area contributed by atoms with Crippen molar-refractivity contribution in [2.24, 2.45) is 0 Å². The first kappa shape index (κ1) is 18.8. The number of H-pyrrole nitrogens is 1. The average molecular weight is 387 g/mol. The van der Waals surface area contributed by atoms with Gasteiger partial charge in [0.15, 0.2) is 0 Å². The fourth-order valence-electron chi connectivity index (χ4n) is 3.64. The Bertz CT molecular complexity index is 1110. The third-order valence-electron chi connectivity index (χ3n) is 4.99. The average Bonchev–Trinajstić information content (AvgIpc) is 3.28. The van der Waals surface area contributed by atoms with Gasteiger partial charge in [-0.05, 0) is 35.8 Å². The van der Waals surface area contributed by atoms with Crippen molar-refractivity contribution in [2.45, 2.75) is 20.5 Å². The fraction of sp³-hybridized carbons (Fsp3) is 0.182. The van der Waals surface area contributed by atoms with Crippen LogP contribution in [0.15, 0.2) is 48.5 Å².